The summed E-state index contributed by atoms with van der Waals surface area (Å²) in [4.78, 5) is 11.2. The second-order valence-electron chi connectivity index (χ2n) is 3.61. The molecule has 0 heterocycles. The Kier molecular flexibility index (Phi) is 6.54. The molecule has 0 amide bonds. The molecule has 0 aliphatic rings. The van der Waals surface area contributed by atoms with Crippen molar-refractivity contribution >= 4 is 39.2 Å². The molecule has 0 saturated heterocycles. The Morgan fingerprint density at radius 1 is 1.30 bits per heavy atom. The molecule has 1 aromatic carbocycles. The summed E-state index contributed by atoms with van der Waals surface area (Å²) in [6.07, 6.45) is 0. The number of hydrogen-bond donors (Lipinski definition) is 1. The minimum Gasteiger partial charge on any atom is -0.488 e. The number of esters is 1. The fraction of sp³-hybridized carbons (Fsp3) is 0.364. The molecule has 0 aliphatic carbocycles. The number of benzene rings is 1. The number of carbonyl (C=O) groups excluding carboxylic acids is 1. The second-order valence-corrected chi connectivity index (χ2v) is 6.38. The van der Waals surface area contributed by atoms with Crippen molar-refractivity contribution in [1.29, 1.82) is 0 Å². The van der Waals surface area contributed by atoms with Crippen molar-refractivity contribution in [2.24, 2.45) is 0 Å². The molecule has 112 valence electrons. The fourth-order valence-corrected chi connectivity index (χ4v) is 2.17. The van der Waals surface area contributed by atoms with Gasteiger partial charge in [-0.1, -0.05) is 23.2 Å². The van der Waals surface area contributed by atoms with Crippen LogP contribution in [0.5, 0.6) is 5.75 Å². The third-order valence-electron chi connectivity index (χ3n) is 2.12. The molecule has 1 rings (SSSR count). The van der Waals surface area contributed by atoms with Crippen LogP contribution in [0.4, 0.5) is 0 Å². The van der Waals surface area contributed by atoms with Crippen LogP contribution >= 0.6 is 23.2 Å². The summed E-state index contributed by atoms with van der Waals surface area (Å²) in [5.41, 5.74) is 0. The number of carbonyl (C=O) groups is 1. The quantitative estimate of drug-likeness (QED) is 0.599. The van der Waals surface area contributed by atoms with Gasteiger partial charge in [0, 0.05) is 5.02 Å². The van der Waals surface area contributed by atoms with Crippen molar-refractivity contribution in [3.8, 4) is 5.75 Å². The molecule has 0 radical (unpaired) electrons. The van der Waals surface area contributed by atoms with Crippen LogP contribution in [0.2, 0.25) is 10.0 Å². The lowest BCUT2D eigenvalue weighted by Crippen LogP contribution is -2.28. The van der Waals surface area contributed by atoms with E-state index >= 15 is 0 Å². The summed E-state index contributed by atoms with van der Waals surface area (Å²) in [6.45, 7) is -0.0380. The lowest BCUT2D eigenvalue weighted by atomic mass is 10.3. The summed E-state index contributed by atoms with van der Waals surface area (Å²) >= 11 is 11.6. The summed E-state index contributed by atoms with van der Waals surface area (Å²) in [6, 6.07) is 4.70. The van der Waals surface area contributed by atoms with Gasteiger partial charge in [-0.15, -0.1) is 0 Å². The molecule has 1 N–H and O–H groups in total. The molecular weight excluding hydrogens is 329 g/mol. The molecule has 0 aliphatic heterocycles. The predicted octanol–water partition coefficient (Wildman–Crippen LogP) is 1.46. The SMILES string of the molecule is CNS(=O)(=O)CC(=O)OCCOc1ccc(Cl)cc1Cl. The van der Waals surface area contributed by atoms with E-state index < -0.39 is 21.7 Å². The van der Waals surface area contributed by atoms with E-state index in [-0.39, 0.29) is 13.2 Å². The van der Waals surface area contributed by atoms with Crippen LogP contribution in [0.25, 0.3) is 0 Å². The Hall–Kier alpha value is -1.02. The molecule has 1 aromatic rings. The Morgan fingerprint density at radius 3 is 2.60 bits per heavy atom. The van der Waals surface area contributed by atoms with Crippen LogP contribution in [0.15, 0.2) is 18.2 Å². The van der Waals surface area contributed by atoms with Gasteiger partial charge in [0.1, 0.15) is 19.0 Å². The van der Waals surface area contributed by atoms with E-state index in [1.807, 2.05) is 4.72 Å². The van der Waals surface area contributed by atoms with Crippen LogP contribution in [0.1, 0.15) is 0 Å². The Balaban J connectivity index is 2.33. The summed E-state index contributed by atoms with van der Waals surface area (Å²) in [5, 5.41) is 0.813. The van der Waals surface area contributed by atoms with Crippen molar-refractivity contribution < 1.29 is 22.7 Å². The van der Waals surface area contributed by atoms with Gasteiger partial charge in [0.05, 0.1) is 5.02 Å². The average molecular weight is 342 g/mol. The average Bonchev–Trinajstić information content (AvgIpc) is 2.36. The minimum atomic E-state index is -3.62. The highest BCUT2D eigenvalue weighted by Gasteiger charge is 2.15. The van der Waals surface area contributed by atoms with Gasteiger partial charge in [-0.2, -0.15) is 0 Å². The van der Waals surface area contributed by atoms with Crippen molar-refractivity contribution in [1.82, 2.24) is 4.72 Å². The first kappa shape index (κ1) is 17.0. The first-order chi connectivity index (χ1) is 9.34. The predicted molar refractivity (Wildman–Crippen MR) is 75.8 cm³/mol. The van der Waals surface area contributed by atoms with Crippen molar-refractivity contribution in [2.75, 3.05) is 26.0 Å². The Labute approximate surface area is 127 Å². The van der Waals surface area contributed by atoms with E-state index in [4.69, 9.17) is 32.7 Å². The molecule has 6 nitrogen and oxygen atoms in total. The lowest BCUT2D eigenvalue weighted by molar-refractivity contribution is -0.141. The number of sulfonamides is 1. The summed E-state index contributed by atoms with van der Waals surface area (Å²) in [5.74, 6) is -1.19. The number of halogens is 2. The van der Waals surface area contributed by atoms with E-state index in [0.717, 1.165) is 0 Å². The standard InChI is InChI=1S/C11H13Cl2NO5S/c1-14-20(16,17)7-11(15)19-5-4-18-10-3-2-8(12)6-9(10)13/h2-3,6,14H,4-5,7H2,1H3. The van der Waals surface area contributed by atoms with Gasteiger partial charge in [0.15, 0.2) is 5.75 Å². The maximum atomic E-state index is 11.2. The smallest absolute Gasteiger partial charge is 0.322 e. The van der Waals surface area contributed by atoms with Gasteiger partial charge < -0.3 is 9.47 Å². The van der Waals surface area contributed by atoms with Gasteiger partial charge in [0.25, 0.3) is 0 Å². The highest BCUT2D eigenvalue weighted by atomic mass is 35.5. The zero-order chi connectivity index (χ0) is 15.2. The Bertz CT molecular complexity index is 576. The van der Waals surface area contributed by atoms with Gasteiger partial charge in [-0.3, -0.25) is 4.79 Å². The van der Waals surface area contributed by atoms with Crippen molar-refractivity contribution in [3.63, 3.8) is 0 Å². The number of nitrogens with one attached hydrogen (secondary N) is 1. The van der Waals surface area contributed by atoms with Crippen LogP contribution in [-0.2, 0) is 19.6 Å². The lowest BCUT2D eigenvalue weighted by Gasteiger charge is -2.09. The maximum Gasteiger partial charge on any atom is 0.322 e. The topological polar surface area (TPSA) is 81.7 Å². The normalized spacial score (nSPS) is 11.2. The van der Waals surface area contributed by atoms with Crippen LogP contribution in [0.3, 0.4) is 0 Å². The highest BCUT2D eigenvalue weighted by molar-refractivity contribution is 7.90. The number of hydrogen-bond acceptors (Lipinski definition) is 5. The molecule has 0 bridgehead atoms. The molecule has 9 heteroatoms. The maximum absolute atomic E-state index is 11.2. The van der Waals surface area contributed by atoms with Gasteiger partial charge in [0.2, 0.25) is 10.0 Å². The highest BCUT2D eigenvalue weighted by Crippen LogP contribution is 2.27. The van der Waals surface area contributed by atoms with E-state index in [0.29, 0.717) is 15.8 Å². The zero-order valence-corrected chi connectivity index (χ0v) is 12.9. The number of ether oxygens (including phenoxy) is 2. The molecule has 0 fully saturated rings. The molecule has 0 unspecified atom stereocenters. The first-order valence-corrected chi connectivity index (χ1v) is 7.89. The van der Waals surface area contributed by atoms with Crippen molar-refractivity contribution in [3.05, 3.63) is 28.2 Å². The van der Waals surface area contributed by atoms with E-state index in [1.165, 1.54) is 13.1 Å². The zero-order valence-electron chi connectivity index (χ0n) is 10.6. The molecular formula is C11H13Cl2NO5S. The summed E-state index contributed by atoms with van der Waals surface area (Å²) < 4.78 is 34.1. The van der Waals surface area contributed by atoms with E-state index in [2.05, 4.69) is 0 Å². The largest absolute Gasteiger partial charge is 0.488 e. The van der Waals surface area contributed by atoms with Gasteiger partial charge in [-0.25, -0.2) is 13.1 Å². The molecule has 0 saturated carbocycles. The Morgan fingerprint density at radius 2 is 2.00 bits per heavy atom. The van der Waals surface area contributed by atoms with E-state index in [1.54, 1.807) is 12.1 Å². The summed E-state index contributed by atoms with van der Waals surface area (Å²) in [7, 11) is -2.40. The molecule has 20 heavy (non-hydrogen) atoms. The first-order valence-electron chi connectivity index (χ1n) is 5.49. The van der Waals surface area contributed by atoms with Gasteiger partial charge in [-0.05, 0) is 25.2 Å². The second kappa shape index (κ2) is 7.68. The van der Waals surface area contributed by atoms with Crippen molar-refractivity contribution in [2.45, 2.75) is 0 Å². The van der Waals surface area contributed by atoms with Crippen LogP contribution in [0, 0.1) is 0 Å². The fourth-order valence-electron chi connectivity index (χ4n) is 1.17. The third kappa shape index (κ3) is 5.96. The molecule has 0 spiro atoms. The monoisotopic (exact) mass is 341 g/mol. The molecule has 0 aromatic heterocycles. The molecule has 0 atom stereocenters. The van der Waals surface area contributed by atoms with Crippen LogP contribution in [-0.4, -0.2) is 40.4 Å². The van der Waals surface area contributed by atoms with Gasteiger partial charge >= 0.3 is 5.97 Å². The third-order valence-corrected chi connectivity index (χ3v) is 3.88. The minimum absolute atomic E-state index is 0.0483. The number of rotatable bonds is 7. The van der Waals surface area contributed by atoms with E-state index in [9.17, 15) is 13.2 Å². The van der Waals surface area contributed by atoms with Crippen LogP contribution < -0.4 is 9.46 Å².